The third-order valence-corrected chi connectivity index (χ3v) is 15.6. The number of hydrogen-bond donors (Lipinski definition) is 0. The second-order valence-corrected chi connectivity index (χ2v) is 27.9. The molecule has 1 aliphatic carbocycles. The van der Waals surface area contributed by atoms with Gasteiger partial charge in [-0.25, -0.2) is 0 Å². The number of hydrogen-bond acceptors (Lipinski definition) is 4. The van der Waals surface area contributed by atoms with Crippen molar-refractivity contribution in [3.05, 3.63) is 138 Å². The molecule has 5 nitrogen and oxygen atoms in total. The molecule has 4 heterocycles. The summed E-state index contributed by atoms with van der Waals surface area (Å²) in [6.07, 6.45) is 5.74. The fraction of sp³-hybridized carbons (Fsp3) is 0.327. The van der Waals surface area contributed by atoms with Gasteiger partial charge in [-0.1, -0.05) is 69.0 Å². The second kappa shape index (κ2) is 18.3. The standard InChI is InChI=1S/C30H25FN3O.C22H30GeN.Ir/c1-17(2)19-9-7-10-20(18(3)4)27(19)34-25-14-6-5-13-24(25)32-29(34)23-12-8-11-21-22-15-16-26(31)33-30(22)35-28(21)23;1-17-10-12-19(13-11-17)22-15-20(14-18-8-6-5-7-9-18)21(16-24-22)23(2,3)4;/h5-11,13-18H,1-4H3;10-12,15-16,18H,5-9,14H2,1-4H3;/q2*-1;/i;1D3,14D2;. The Hall–Kier alpha value is -4.43. The minimum absolute atomic E-state index is 0. The second-order valence-electron chi connectivity index (χ2n) is 17.4. The van der Waals surface area contributed by atoms with E-state index >= 15 is 0 Å². The Bertz CT molecular complexity index is 2940. The van der Waals surface area contributed by atoms with Crippen LogP contribution in [0.15, 0.2) is 102 Å². The van der Waals surface area contributed by atoms with Gasteiger partial charge >= 0.3 is 157 Å². The quantitative estimate of drug-likeness (QED) is 0.0864. The van der Waals surface area contributed by atoms with Gasteiger partial charge in [-0.2, -0.15) is 9.37 Å². The first-order valence-corrected chi connectivity index (χ1v) is 28.2. The molecular weight excluding hydrogens is 980 g/mol. The van der Waals surface area contributed by atoms with Gasteiger partial charge in [0.1, 0.15) is 0 Å². The number of rotatable bonds is 8. The number of halogens is 1. The Labute approximate surface area is 378 Å². The van der Waals surface area contributed by atoms with E-state index in [1.54, 1.807) is 18.2 Å². The van der Waals surface area contributed by atoms with Crippen LogP contribution in [0.5, 0.6) is 0 Å². The zero-order valence-electron chi connectivity index (χ0n) is 40.4. The summed E-state index contributed by atoms with van der Waals surface area (Å²) in [6, 6.07) is 34.7. The number of pyridine rings is 2. The van der Waals surface area contributed by atoms with Crippen molar-refractivity contribution in [2.24, 2.45) is 5.92 Å². The maximum Gasteiger partial charge on any atom is 0 e. The molecule has 1 fully saturated rings. The molecule has 4 aromatic carbocycles. The van der Waals surface area contributed by atoms with Crippen LogP contribution in [0.1, 0.15) is 101 Å². The number of benzene rings is 4. The van der Waals surface area contributed by atoms with E-state index in [1.807, 2.05) is 42.6 Å². The van der Waals surface area contributed by atoms with E-state index < -0.39 is 32.4 Å². The molecule has 0 spiro atoms. The minimum atomic E-state index is -2.35. The van der Waals surface area contributed by atoms with Gasteiger partial charge in [-0.05, 0) is 47.2 Å². The number of para-hydroxylation sites is 3. The molecule has 0 N–H and O–H groups in total. The molecule has 0 atom stereocenters. The molecule has 1 saturated carbocycles. The van der Waals surface area contributed by atoms with E-state index in [-0.39, 0.29) is 37.3 Å². The Morgan fingerprint density at radius 2 is 1.63 bits per heavy atom. The maximum atomic E-state index is 13.9. The minimum Gasteiger partial charge on any atom is 0 e. The number of nitrogens with zero attached hydrogens (tertiary/aromatic N) is 4. The molecule has 311 valence electrons. The van der Waals surface area contributed by atoms with Crippen molar-refractivity contribution in [2.75, 3.05) is 0 Å². The van der Waals surface area contributed by atoms with Gasteiger partial charge in [0.15, 0.2) is 0 Å². The fourth-order valence-corrected chi connectivity index (χ4v) is 11.3. The van der Waals surface area contributed by atoms with Crippen LogP contribution < -0.4 is 4.40 Å². The van der Waals surface area contributed by atoms with Crippen LogP contribution >= 0.6 is 0 Å². The van der Waals surface area contributed by atoms with Gasteiger partial charge in [-0.15, -0.1) is 18.2 Å². The van der Waals surface area contributed by atoms with E-state index in [0.29, 0.717) is 28.7 Å². The summed E-state index contributed by atoms with van der Waals surface area (Å²) in [5.41, 5.74) is 9.55. The monoisotopic (exact) mass is 1040 g/mol. The molecule has 0 bridgehead atoms. The Kier molecular flexibility index (Phi) is 11.4. The van der Waals surface area contributed by atoms with Gasteiger partial charge in [0.2, 0.25) is 11.7 Å². The molecule has 0 aliphatic heterocycles. The molecule has 0 unspecified atom stereocenters. The normalized spacial score (nSPS) is 15.3. The van der Waals surface area contributed by atoms with Crippen LogP contribution in [0.4, 0.5) is 4.39 Å². The van der Waals surface area contributed by atoms with Crippen molar-refractivity contribution in [3.63, 3.8) is 0 Å². The molecule has 1 aliphatic rings. The van der Waals surface area contributed by atoms with Gasteiger partial charge in [0, 0.05) is 31.2 Å². The summed E-state index contributed by atoms with van der Waals surface area (Å²) in [4.78, 5) is 13.7. The smallest absolute Gasteiger partial charge is 0 e. The van der Waals surface area contributed by atoms with E-state index in [0.717, 1.165) is 74.5 Å². The van der Waals surface area contributed by atoms with Crippen LogP contribution in [-0.4, -0.2) is 32.8 Å². The maximum absolute atomic E-state index is 13.9. The van der Waals surface area contributed by atoms with Crippen molar-refractivity contribution in [3.8, 4) is 28.3 Å². The average Bonchev–Trinajstić information content (AvgIpc) is 3.84. The number of aromatic nitrogens is 4. The predicted molar refractivity (Wildman–Crippen MR) is 245 cm³/mol. The molecule has 4 aromatic heterocycles. The van der Waals surface area contributed by atoms with Gasteiger partial charge in [0.05, 0.1) is 22.4 Å². The molecular formula is C52H55FGeIrN4O-2. The van der Waals surface area contributed by atoms with E-state index in [1.165, 1.54) is 29.7 Å². The largest absolute Gasteiger partial charge is 0 e. The van der Waals surface area contributed by atoms with Gasteiger partial charge in [0.25, 0.3) is 0 Å². The number of fused-ring (bicyclic) bond motifs is 4. The number of imidazole rings is 1. The first kappa shape index (κ1) is 37.3. The molecule has 8 aromatic rings. The molecule has 60 heavy (non-hydrogen) atoms. The molecule has 1 radical (unpaired) electrons. The molecule has 9 rings (SSSR count). The van der Waals surface area contributed by atoms with E-state index in [2.05, 4.69) is 95.9 Å². The van der Waals surface area contributed by atoms with Crippen LogP contribution in [-0.2, 0) is 26.5 Å². The predicted octanol–water partition coefficient (Wildman–Crippen LogP) is 13.7. The fourth-order valence-electron chi connectivity index (χ4n) is 8.33. The number of aryl methyl sites for hydroxylation is 1. The van der Waals surface area contributed by atoms with Crippen LogP contribution in [0.2, 0.25) is 17.3 Å². The van der Waals surface area contributed by atoms with E-state index in [9.17, 15) is 4.39 Å². The molecule has 0 saturated heterocycles. The zero-order chi connectivity index (χ0) is 45.7. The summed E-state index contributed by atoms with van der Waals surface area (Å²) >= 11 is -2.35. The van der Waals surface area contributed by atoms with Gasteiger partial charge < -0.3 is 8.98 Å². The molecule has 0 amide bonds. The Morgan fingerprint density at radius 3 is 2.32 bits per heavy atom. The Morgan fingerprint density at radius 1 is 0.883 bits per heavy atom. The zero-order valence-corrected chi connectivity index (χ0v) is 39.9. The van der Waals surface area contributed by atoms with E-state index in [4.69, 9.17) is 16.3 Å². The van der Waals surface area contributed by atoms with Crippen molar-refractivity contribution in [1.29, 1.82) is 0 Å². The summed E-state index contributed by atoms with van der Waals surface area (Å²) in [5, 5.41) is 1.63. The Balaban J connectivity index is 0.000000195. The summed E-state index contributed by atoms with van der Waals surface area (Å²) in [7, 11) is 0. The third kappa shape index (κ3) is 8.96. The van der Waals surface area contributed by atoms with Crippen LogP contribution in [0.25, 0.3) is 61.4 Å². The van der Waals surface area contributed by atoms with Crippen molar-refractivity contribution >= 4 is 50.8 Å². The van der Waals surface area contributed by atoms with Crippen LogP contribution in [0, 0.1) is 30.9 Å². The average molecular weight is 1040 g/mol. The topological polar surface area (TPSA) is 56.7 Å². The van der Waals surface area contributed by atoms with Crippen LogP contribution in [0.3, 0.4) is 0 Å². The third-order valence-electron chi connectivity index (χ3n) is 11.4. The van der Waals surface area contributed by atoms with Crippen molar-refractivity contribution < 1.29 is 35.8 Å². The van der Waals surface area contributed by atoms with Gasteiger partial charge in [-0.3, -0.25) is 4.98 Å². The molecule has 8 heteroatoms. The first-order chi connectivity index (χ1) is 30.3. The first-order valence-electron chi connectivity index (χ1n) is 23.4. The number of furan rings is 1. The SMILES string of the molecule is CC(C)c1cccc(C(C)C)c1-n1c(-c2[c-]ccc3c2oc2nc(F)ccc23)nc2ccccc21.[2H]C([2H])([2H])c1c[c-]c(-c2cc(C([2H])([2H])C3CCCCC3)[c]([Ge]([CH3])([CH3])[CH3])cn2)cc1.[Ir]. The van der Waals surface area contributed by atoms with Crippen molar-refractivity contribution in [1.82, 2.24) is 19.5 Å². The summed E-state index contributed by atoms with van der Waals surface area (Å²) in [5.74, 6) is 7.66. The summed E-state index contributed by atoms with van der Waals surface area (Å²) < 4.78 is 64.0. The summed E-state index contributed by atoms with van der Waals surface area (Å²) in [6.45, 7) is 6.71. The van der Waals surface area contributed by atoms with Crippen molar-refractivity contribution in [2.45, 2.75) is 102 Å².